The first-order valence-corrected chi connectivity index (χ1v) is 8.02. The second-order valence-electron chi connectivity index (χ2n) is 7.95. The third-order valence-electron chi connectivity index (χ3n) is 4.83. The molecule has 1 rings (SSSR count). The van der Waals surface area contributed by atoms with Crippen LogP contribution in [0.1, 0.15) is 67.2 Å². The third-order valence-corrected chi connectivity index (χ3v) is 4.83. The van der Waals surface area contributed by atoms with Crippen LogP contribution in [0.2, 0.25) is 0 Å². The zero-order valence-electron chi connectivity index (χ0n) is 13.6. The molecule has 0 aromatic heterocycles. The minimum atomic E-state index is 0.504. The van der Waals surface area contributed by atoms with Gasteiger partial charge in [-0.2, -0.15) is 0 Å². The van der Waals surface area contributed by atoms with Gasteiger partial charge >= 0.3 is 0 Å². The van der Waals surface area contributed by atoms with Gasteiger partial charge in [0.05, 0.1) is 0 Å². The summed E-state index contributed by atoms with van der Waals surface area (Å²) in [6.45, 7) is 18.2. The van der Waals surface area contributed by atoms with Crippen LogP contribution in [0.4, 0.5) is 0 Å². The van der Waals surface area contributed by atoms with Crippen LogP contribution in [-0.4, -0.2) is 24.5 Å². The molecule has 108 valence electrons. The van der Waals surface area contributed by atoms with Crippen molar-refractivity contribution in [2.45, 2.75) is 67.2 Å². The molecular formula is C17H35N. The van der Waals surface area contributed by atoms with Crippen LogP contribution in [0.15, 0.2) is 0 Å². The molecule has 0 N–H and O–H groups in total. The van der Waals surface area contributed by atoms with Gasteiger partial charge in [-0.25, -0.2) is 0 Å². The SMILES string of the molecule is CC(C)C(C)C1CCN(CCCC(C)(C)C)CC1. The lowest BCUT2D eigenvalue weighted by Crippen LogP contribution is -2.37. The fourth-order valence-electron chi connectivity index (χ4n) is 3.08. The summed E-state index contributed by atoms with van der Waals surface area (Å²) in [4.78, 5) is 2.69. The van der Waals surface area contributed by atoms with Crippen molar-refractivity contribution in [3.8, 4) is 0 Å². The van der Waals surface area contributed by atoms with Crippen LogP contribution in [0.3, 0.4) is 0 Å². The Balaban J connectivity index is 2.19. The van der Waals surface area contributed by atoms with E-state index in [-0.39, 0.29) is 0 Å². The van der Waals surface area contributed by atoms with Gasteiger partial charge < -0.3 is 4.90 Å². The van der Waals surface area contributed by atoms with Gasteiger partial charge in [-0.05, 0) is 68.5 Å². The summed E-state index contributed by atoms with van der Waals surface area (Å²) in [6.07, 6.45) is 5.58. The smallest absolute Gasteiger partial charge is 0.00160 e. The molecule has 18 heavy (non-hydrogen) atoms. The van der Waals surface area contributed by atoms with Crippen LogP contribution in [0, 0.1) is 23.2 Å². The second-order valence-corrected chi connectivity index (χ2v) is 7.95. The molecule has 0 saturated carbocycles. The van der Waals surface area contributed by atoms with Crippen LogP contribution in [0.5, 0.6) is 0 Å². The number of hydrogen-bond acceptors (Lipinski definition) is 1. The first kappa shape index (κ1) is 16.0. The zero-order chi connectivity index (χ0) is 13.8. The minimum absolute atomic E-state index is 0.504. The van der Waals surface area contributed by atoms with Crippen LogP contribution < -0.4 is 0 Å². The molecule has 1 saturated heterocycles. The molecule has 1 fully saturated rings. The number of piperidine rings is 1. The van der Waals surface area contributed by atoms with Gasteiger partial charge in [0.1, 0.15) is 0 Å². The van der Waals surface area contributed by atoms with E-state index in [0.717, 1.165) is 17.8 Å². The van der Waals surface area contributed by atoms with Crippen molar-refractivity contribution in [3.63, 3.8) is 0 Å². The molecule has 1 heterocycles. The highest BCUT2D eigenvalue weighted by molar-refractivity contribution is 4.77. The summed E-state index contributed by atoms with van der Waals surface area (Å²) in [7, 11) is 0. The Labute approximate surface area is 115 Å². The Morgan fingerprint density at radius 1 is 1.06 bits per heavy atom. The molecular weight excluding hydrogens is 218 g/mol. The van der Waals surface area contributed by atoms with Gasteiger partial charge in [0.25, 0.3) is 0 Å². The van der Waals surface area contributed by atoms with Gasteiger partial charge in [-0.15, -0.1) is 0 Å². The van der Waals surface area contributed by atoms with E-state index in [2.05, 4.69) is 46.4 Å². The van der Waals surface area contributed by atoms with Crippen molar-refractivity contribution < 1.29 is 0 Å². The van der Waals surface area contributed by atoms with Crippen LogP contribution in [0.25, 0.3) is 0 Å². The van der Waals surface area contributed by atoms with Gasteiger partial charge in [-0.3, -0.25) is 0 Å². The lowest BCUT2D eigenvalue weighted by atomic mass is 9.79. The average Bonchev–Trinajstić information content (AvgIpc) is 2.27. The fraction of sp³-hybridized carbons (Fsp3) is 1.00. The molecule has 0 aliphatic carbocycles. The van der Waals surface area contributed by atoms with Gasteiger partial charge in [0, 0.05) is 0 Å². The van der Waals surface area contributed by atoms with Crippen LogP contribution in [-0.2, 0) is 0 Å². The summed E-state index contributed by atoms with van der Waals surface area (Å²) in [6, 6.07) is 0. The molecule has 1 heteroatoms. The average molecular weight is 253 g/mol. The van der Waals surface area contributed by atoms with Crippen LogP contribution >= 0.6 is 0 Å². The van der Waals surface area contributed by atoms with Crippen molar-refractivity contribution in [1.29, 1.82) is 0 Å². The summed E-state index contributed by atoms with van der Waals surface area (Å²) in [5, 5.41) is 0. The molecule has 0 spiro atoms. The molecule has 0 radical (unpaired) electrons. The van der Waals surface area contributed by atoms with Gasteiger partial charge in [0.2, 0.25) is 0 Å². The lowest BCUT2D eigenvalue weighted by molar-refractivity contribution is 0.129. The predicted molar refractivity (Wildman–Crippen MR) is 81.9 cm³/mol. The first-order valence-electron chi connectivity index (χ1n) is 8.02. The van der Waals surface area contributed by atoms with Crippen molar-refractivity contribution in [2.24, 2.45) is 23.2 Å². The van der Waals surface area contributed by atoms with E-state index in [9.17, 15) is 0 Å². The predicted octanol–water partition coefficient (Wildman–Crippen LogP) is 4.82. The molecule has 0 amide bonds. The molecule has 1 aliphatic heterocycles. The summed E-state index contributed by atoms with van der Waals surface area (Å²) < 4.78 is 0. The summed E-state index contributed by atoms with van der Waals surface area (Å²) in [5.41, 5.74) is 0.504. The summed E-state index contributed by atoms with van der Waals surface area (Å²) >= 11 is 0. The highest BCUT2D eigenvalue weighted by atomic mass is 15.1. The van der Waals surface area contributed by atoms with Gasteiger partial charge in [0.15, 0.2) is 0 Å². The van der Waals surface area contributed by atoms with Crippen molar-refractivity contribution in [3.05, 3.63) is 0 Å². The highest BCUT2D eigenvalue weighted by Gasteiger charge is 2.25. The quantitative estimate of drug-likeness (QED) is 0.679. The third kappa shape index (κ3) is 5.73. The van der Waals surface area contributed by atoms with Gasteiger partial charge in [-0.1, -0.05) is 41.5 Å². The number of hydrogen-bond donors (Lipinski definition) is 0. The number of nitrogens with zero attached hydrogens (tertiary/aromatic N) is 1. The maximum Gasteiger partial charge on any atom is -0.00160 e. The normalized spacial score (nSPS) is 21.5. The van der Waals surface area contributed by atoms with E-state index in [1.807, 2.05) is 0 Å². The fourth-order valence-corrected chi connectivity index (χ4v) is 3.08. The molecule has 0 aromatic rings. The monoisotopic (exact) mass is 253 g/mol. The summed E-state index contributed by atoms with van der Waals surface area (Å²) in [5.74, 6) is 2.73. The highest BCUT2D eigenvalue weighted by Crippen LogP contribution is 2.30. The number of likely N-dealkylation sites (tertiary alicyclic amines) is 1. The molecule has 1 unspecified atom stereocenters. The standard InChI is InChI=1S/C17H35N/c1-14(2)15(3)16-8-12-18(13-9-16)11-7-10-17(4,5)6/h14-16H,7-13H2,1-6H3. The maximum absolute atomic E-state index is 2.69. The first-order chi connectivity index (χ1) is 8.29. The molecule has 1 aliphatic rings. The largest absolute Gasteiger partial charge is 0.303 e. The maximum atomic E-state index is 2.69. The van der Waals surface area contributed by atoms with E-state index in [1.165, 1.54) is 45.3 Å². The Bertz CT molecular complexity index is 218. The van der Waals surface area contributed by atoms with E-state index < -0.39 is 0 Å². The molecule has 1 atom stereocenters. The Kier molecular flexibility index (Phi) is 6.17. The van der Waals surface area contributed by atoms with E-state index in [4.69, 9.17) is 0 Å². The van der Waals surface area contributed by atoms with Crippen molar-refractivity contribution >= 4 is 0 Å². The topological polar surface area (TPSA) is 3.24 Å². The Morgan fingerprint density at radius 2 is 1.61 bits per heavy atom. The van der Waals surface area contributed by atoms with Crippen molar-refractivity contribution in [1.82, 2.24) is 4.90 Å². The second kappa shape index (κ2) is 6.93. The minimum Gasteiger partial charge on any atom is -0.303 e. The molecule has 1 nitrogen and oxygen atoms in total. The van der Waals surface area contributed by atoms with E-state index in [1.54, 1.807) is 0 Å². The van der Waals surface area contributed by atoms with Crippen molar-refractivity contribution in [2.75, 3.05) is 19.6 Å². The lowest BCUT2D eigenvalue weighted by Gasteiger charge is -2.36. The molecule has 0 bridgehead atoms. The Hall–Kier alpha value is -0.0400. The van der Waals surface area contributed by atoms with E-state index >= 15 is 0 Å². The Morgan fingerprint density at radius 3 is 2.06 bits per heavy atom. The number of rotatable bonds is 5. The zero-order valence-corrected chi connectivity index (χ0v) is 13.6. The molecule has 0 aromatic carbocycles. The van der Waals surface area contributed by atoms with E-state index in [0.29, 0.717) is 5.41 Å².